The summed E-state index contributed by atoms with van der Waals surface area (Å²) in [6, 6.07) is 9.49. The highest BCUT2D eigenvalue weighted by molar-refractivity contribution is 5.94. The predicted molar refractivity (Wildman–Crippen MR) is 100 cm³/mol. The molecule has 1 unspecified atom stereocenters. The van der Waals surface area contributed by atoms with E-state index in [1.165, 1.54) is 0 Å². The highest BCUT2D eigenvalue weighted by Gasteiger charge is 2.36. The molecular formula is C20H23N3O3. The quantitative estimate of drug-likeness (QED) is 0.855. The fourth-order valence-corrected chi connectivity index (χ4v) is 3.27. The molecular weight excluding hydrogens is 330 g/mol. The first-order valence-electron chi connectivity index (χ1n) is 8.76. The Balaban J connectivity index is 2.28. The average Bonchev–Trinajstić information content (AvgIpc) is 2.61. The molecule has 3 rings (SSSR count). The summed E-state index contributed by atoms with van der Waals surface area (Å²) in [5, 5.41) is 3.11. The van der Waals surface area contributed by atoms with Gasteiger partial charge in [0.25, 0.3) is 5.56 Å². The Kier molecular flexibility index (Phi) is 4.93. The van der Waals surface area contributed by atoms with E-state index in [2.05, 4.69) is 10.3 Å². The van der Waals surface area contributed by atoms with Gasteiger partial charge >= 0.3 is 5.97 Å². The molecule has 6 nitrogen and oxygen atoms in total. The first-order chi connectivity index (χ1) is 12.5. The summed E-state index contributed by atoms with van der Waals surface area (Å²) in [4.78, 5) is 30.3. The Bertz CT molecular complexity index is 914. The third-order valence-corrected chi connectivity index (χ3v) is 4.50. The first-order valence-corrected chi connectivity index (χ1v) is 8.76. The Morgan fingerprint density at radius 3 is 2.62 bits per heavy atom. The number of ether oxygens (including phenoxy) is 1. The van der Waals surface area contributed by atoms with Crippen LogP contribution in [0, 0.1) is 0 Å². The maximum Gasteiger partial charge on any atom is 0.336 e. The standard InChI is InChI=1S/C20H23N3O3/c1-5-26-20(25)15-13(4)22-18-17(16(15)14-9-7-6-8-10-14)19(24)23(11-21-18)12(2)3/h6-12,16,22H,5H2,1-4H3. The Hall–Kier alpha value is -2.89. The fraction of sp³-hybridized carbons (Fsp3) is 0.350. The van der Waals surface area contributed by atoms with E-state index in [-0.39, 0.29) is 18.2 Å². The summed E-state index contributed by atoms with van der Waals surface area (Å²) in [6.45, 7) is 7.70. The van der Waals surface area contributed by atoms with Crippen LogP contribution in [0.15, 0.2) is 52.7 Å². The topological polar surface area (TPSA) is 73.2 Å². The number of esters is 1. The SMILES string of the molecule is CCOC(=O)C1=C(C)Nc2ncn(C(C)C)c(=O)c2C1c1ccccc1. The summed E-state index contributed by atoms with van der Waals surface area (Å²) in [7, 11) is 0. The van der Waals surface area contributed by atoms with E-state index in [4.69, 9.17) is 4.74 Å². The number of fused-ring (bicyclic) bond motifs is 1. The zero-order chi connectivity index (χ0) is 18.8. The third-order valence-electron chi connectivity index (χ3n) is 4.50. The minimum Gasteiger partial charge on any atom is -0.463 e. The average molecular weight is 353 g/mol. The molecule has 1 aromatic heterocycles. The van der Waals surface area contributed by atoms with Gasteiger partial charge < -0.3 is 10.1 Å². The molecule has 2 heterocycles. The number of aromatic nitrogens is 2. The molecule has 0 saturated carbocycles. The van der Waals surface area contributed by atoms with Gasteiger partial charge in [-0.25, -0.2) is 9.78 Å². The number of allylic oxidation sites excluding steroid dienone is 1. The van der Waals surface area contributed by atoms with Gasteiger partial charge in [0, 0.05) is 11.7 Å². The number of carbonyl (C=O) groups excluding carboxylic acids is 1. The van der Waals surface area contributed by atoms with Crippen LogP contribution < -0.4 is 10.9 Å². The monoisotopic (exact) mass is 353 g/mol. The smallest absolute Gasteiger partial charge is 0.336 e. The molecule has 1 aromatic carbocycles. The van der Waals surface area contributed by atoms with Crippen LogP contribution in [0.5, 0.6) is 0 Å². The molecule has 0 radical (unpaired) electrons. The van der Waals surface area contributed by atoms with E-state index < -0.39 is 11.9 Å². The molecule has 0 spiro atoms. The molecule has 1 aliphatic rings. The van der Waals surface area contributed by atoms with E-state index in [0.717, 1.165) is 5.56 Å². The van der Waals surface area contributed by atoms with Crippen molar-refractivity contribution in [2.24, 2.45) is 0 Å². The van der Waals surface area contributed by atoms with Crippen molar-refractivity contribution in [2.75, 3.05) is 11.9 Å². The minimum atomic E-state index is -0.516. The summed E-state index contributed by atoms with van der Waals surface area (Å²) < 4.78 is 6.85. The molecule has 1 N–H and O–H groups in total. The van der Waals surface area contributed by atoms with Crippen molar-refractivity contribution in [1.82, 2.24) is 9.55 Å². The van der Waals surface area contributed by atoms with Crippen molar-refractivity contribution >= 4 is 11.8 Å². The molecule has 2 aromatic rings. The van der Waals surface area contributed by atoms with Gasteiger partial charge in [-0.3, -0.25) is 9.36 Å². The van der Waals surface area contributed by atoms with Gasteiger partial charge in [-0.1, -0.05) is 30.3 Å². The molecule has 0 bridgehead atoms. The molecule has 1 atom stereocenters. The summed E-state index contributed by atoms with van der Waals surface area (Å²) in [5.41, 5.74) is 2.28. The van der Waals surface area contributed by atoms with E-state index in [1.54, 1.807) is 24.7 Å². The van der Waals surface area contributed by atoms with Crippen LogP contribution in [0.1, 0.15) is 50.8 Å². The zero-order valence-corrected chi connectivity index (χ0v) is 15.4. The van der Waals surface area contributed by atoms with Gasteiger partial charge in [0.2, 0.25) is 0 Å². The molecule has 6 heteroatoms. The van der Waals surface area contributed by atoms with Gasteiger partial charge in [0.1, 0.15) is 12.1 Å². The number of hydrogen-bond acceptors (Lipinski definition) is 5. The lowest BCUT2D eigenvalue weighted by atomic mass is 9.82. The molecule has 26 heavy (non-hydrogen) atoms. The Morgan fingerprint density at radius 2 is 2.00 bits per heavy atom. The van der Waals surface area contributed by atoms with Crippen molar-refractivity contribution in [2.45, 2.75) is 39.7 Å². The maximum atomic E-state index is 13.2. The van der Waals surface area contributed by atoms with E-state index in [1.807, 2.05) is 44.2 Å². The third kappa shape index (κ3) is 3.03. The molecule has 136 valence electrons. The number of anilines is 1. The van der Waals surface area contributed by atoms with Crippen LogP contribution in [-0.4, -0.2) is 22.1 Å². The Morgan fingerprint density at radius 1 is 1.31 bits per heavy atom. The Labute approximate surface area is 152 Å². The number of nitrogens with zero attached hydrogens (tertiary/aromatic N) is 2. The number of carbonyl (C=O) groups is 1. The van der Waals surface area contributed by atoms with Gasteiger partial charge in [-0.2, -0.15) is 0 Å². The normalized spacial score (nSPS) is 16.3. The lowest BCUT2D eigenvalue weighted by molar-refractivity contribution is -0.138. The fourth-order valence-electron chi connectivity index (χ4n) is 3.27. The minimum absolute atomic E-state index is 0.0326. The lowest BCUT2D eigenvalue weighted by Crippen LogP contribution is -2.34. The molecule has 0 amide bonds. The molecule has 0 fully saturated rings. The lowest BCUT2D eigenvalue weighted by Gasteiger charge is -2.29. The largest absolute Gasteiger partial charge is 0.463 e. The number of hydrogen-bond donors (Lipinski definition) is 1. The second kappa shape index (κ2) is 7.15. The summed E-state index contributed by atoms with van der Waals surface area (Å²) in [6.07, 6.45) is 1.55. The molecule has 0 saturated heterocycles. The van der Waals surface area contributed by atoms with E-state index >= 15 is 0 Å². The van der Waals surface area contributed by atoms with Crippen molar-refractivity contribution in [3.05, 3.63) is 69.4 Å². The van der Waals surface area contributed by atoms with Gasteiger partial charge in [0.15, 0.2) is 0 Å². The van der Waals surface area contributed by atoms with Crippen LogP contribution in [0.4, 0.5) is 5.82 Å². The van der Waals surface area contributed by atoms with Gasteiger partial charge in [-0.05, 0) is 33.3 Å². The summed E-state index contributed by atoms with van der Waals surface area (Å²) >= 11 is 0. The van der Waals surface area contributed by atoms with E-state index in [9.17, 15) is 9.59 Å². The van der Waals surface area contributed by atoms with Gasteiger partial charge in [-0.15, -0.1) is 0 Å². The summed E-state index contributed by atoms with van der Waals surface area (Å²) in [5.74, 6) is -0.444. The van der Waals surface area contributed by atoms with Crippen LogP contribution in [0.25, 0.3) is 0 Å². The van der Waals surface area contributed by atoms with Gasteiger partial charge in [0.05, 0.1) is 23.7 Å². The zero-order valence-electron chi connectivity index (χ0n) is 15.4. The van der Waals surface area contributed by atoms with Crippen LogP contribution in [0.2, 0.25) is 0 Å². The van der Waals surface area contributed by atoms with Crippen molar-refractivity contribution in [3.63, 3.8) is 0 Å². The van der Waals surface area contributed by atoms with Crippen molar-refractivity contribution < 1.29 is 9.53 Å². The van der Waals surface area contributed by atoms with Crippen molar-refractivity contribution in [1.29, 1.82) is 0 Å². The highest BCUT2D eigenvalue weighted by Crippen LogP contribution is 2.39. The van der Waals surface area contributed by atoms with Crippen LogP contribution in [0.3, 0.4) is 0 Å². The molecule has 1 aliphatic heterocycles. The van der Waals surface area contributed by atoms with Crippen molar-refractivity contribution in [3.8, 4) is 0 Å². The number of benzene rings is 1. The second-order valence-electron chi connectivity index (χ2n) is 6.54. The first kappa shape index (κ1) is 17.9. The maximum absolute atomic E-state index is 13.2. The number of rotatable bonds is 4. The second-order valence-corrected chi connectivity index (χ2v) is 6.54. The van der Waals surface area contributed by atoms with Crippen LogP contribution in [-0.2, 0) is 9.53 Å². The highest BCUT2D eigenvalue weighted by atomic mass is 16.5. The number of nitrogens with one attached hydrogen (secondary N) is 1. The van der Waals surface area contributed by atoms with E-state index in [0.29, 0.717) is 22.7 Å². The van der Waals surface area contributed by atoms with Crippen LogP contribution >= 0.6 is 0 Å². The predicted octanol–water partition coefficient (Wildman–Crippen LogP) is 3.22. The molecule has 0 aliphatic carbocycles.